The van der Waals surface area contributed by atoms with Gasteiger partial charge >= 0.3 is 5.97 Å². The van der Waals surface area contributed by atoms with Crippen molar-refractivity contribution in [1.29, 1.82) is 0 Å². The molecule has 0 fully saturated rings. The fraction of sp³-hybridized carbons (Fsp3) is 0.812. The molecule has 0 saturated heterocycles. The standard InChI is InChI=1S/C16H30O8/c1-3-19-6-7-21-10-11-23-14-15-24-13-12-22-9-8-20-5-4-16(17)18-2/h3H,1,4-15H2,2H3. The monoisotopic (exact) mass is 350 g/mol. The Kier molecular flexibility index (Phi) is 18.9. The van der Waals surface area contributed by atoms with Crippen LogP contribution in [0.3, 0.4) is 0 Å². The van der Waals surface area contributed by atoms with Gasteiger partial charge in [-0.3, -0.25) is 4.79 Å². The number of ether oxygens (including phenoxy) is 7. The molecule has 0 rings (SSSR count). The zero-order valence-corrected chi connectivity index (χ0v) is 14.5. The van der Waals surface area contributed by atoms with Gasteiger partial charge < -0.3 is 33.2 Å². The Hall–Kier alpha value is -1.19. The molecule has 0 aromatic carbocycles. The number of methoxy groups -OCH3 is 1. The van der Waals surface area contributed by atoms with Gasteiger partial charge in [0.1, 0.15) is 6.61 Å². The lowest BCUT2D eigenvalue weighted by atomic mass is 10.5. The molecule has 0 unspecified atom stereocenters. The molecule has 8 nitrogen and oxygen atoms in total. The highest BCUT2D eigenvalue weighted by Gasteiger charge is 1.99. The van der Waals surface area contributed by atoms with Gasteiger partial charge in [-0.1, -0.05) is 6.58 Å². The van der Waals surface area contributed by atoms with Crippen LogP contribution < -0.4 is 0 Å². The van der Waals surface area contributed by atoms with Gasteiger partial charge in [-0.15, -0.1) is 0 Å². The molecule has 0 N–H and O–H groups in total. The zero-order chi connectivity index (χ0) is 17.7. The van der Waals surface area contributed by atoms with Crippen molar-refractivity contribution in [3.05, 3.63) is 12.8 Å². The van der Waals surface area contributed by atoms with E-state index in [1.165, 1.54) is 13.4 Å². The highest BCUT2D eigenvalue weighted by Crippen LogP contribution is 1.87. The molecule has 0 aromatic rings. The maximum Gasteiger partial charge on any atom is 0.307 e. The number of rotatable bonds is 19. The summed E-state index contributed by atoms with van der Waals surface area (Å²) in [5.74, 6) is -0.278. The summed E-state index contributed by atoms with van der Waals surface area (Å²) in [6.45, 7) is 8.79. The lowest BCUT2D eigenvalue weighted by Gasteiger charge is -2.08. The van der Waals surface area contributed by atoms with Crippen LogP contribution in [0, 0.1) is 0 Å². The summed E-state index contributed by atoms with van der Waals surface area (Å²) >= 11 is 0. The van der Waals surface area contributed by atoms with Crippen molar-refractivity contribution in [2.75, 3.05) is 79.8 Å². The fourth-order valence-corrected chi connectivity index (χ4v) is 1.43. The molecule has 8 heteroatoms. The Morgan fingerprint density at radius 1 is 0.708 bits per heavy atom. The Morgan fingerprint density at radius 2 is 1.08 bits per heavy atom. The summed E-state index contributed by atoms with van der Waals surface area (Å²) in [7, 11) is 1.35. The molecule has 0 spiro atoms. The molecule has 0 amide bonds. The highest BCUT2D eigenvalue weighted by molar-refractivity contribution is 5.69. The normalized spacial score (nSPS) is 10.5. The summed E-state index contributed by atoms with van der Waals surface area (Å²) in [5.41, 5.74) is 0. The second kappa shape index (κ2) is 19.9. The molecule has 0 radical (unpaired) electrons. The van der Waals surface area contributed by atoms with Gasteiger partial charge in [-0.2, -0.15) is 0 Å². The van der Waals surface area contributed by atoms with Crippen LogP contribution in [0.25, 0.3) is 0 Å². The van der Waals surface area contributed by atoms with E-state index in [0.29, 0.717) is 72.7 Å². The van der Waals surface area contributed by atoms with Crippen molar-refractivity contribution < 1.29 is 38.0 Å². The summed E-state index contributed by atoms with van der Waals surface area (Å²) in [6, 6.07) is 0. The third-order valence-electron chi connectivity index (χ3n) is 2.63. The van der Waals surface area contributed by atoms with Gasteiger partial charge in [-0.25, -0.2) is 0 Å². The quantitative estimate of drug-likeness (QED) is 0.192. The fourth-order valence-electron chi connectivity index (χ4n) is 1.43. The molecule has 0 bridgehead atoms. The van der Waals surface area contributed by atoms with Crippen LogP contribution in [-0.4, -0.2) is 85.8 Å². The number of carbonyl (C=O) groups excluding carboxylic acids is 1. The SMILES string of the molecule is C=COCCOCCOCCOCCOCCOCCC(=O)OC. The van der Waals surface area contributed by atoms with Gasteiger partial charge in [-0.05, 0) is 0 Å². The third kappa shape index (κ3) is 18.9. The second-order valence-corrected chi connectivity index (χ2v) is 4.43. The predicted octanol–water partition coefficient (Wildman–Crippen LogP) is 0.793. The second-order valence-electron chi connectivity index (χ2n) is 4.43. The Morgan fingerprint density at radius 3 is 1.46 bits per heavy atom. The van der Waals surface area contributed by atoms with Crippen molar-refractivity contribution in [2.45, 2.75) is 6.42 Å². The largest absolute Gasteiger partial charge is 0.499 e. The number of hydrogen-bond donors (Lipinski definition) is 0. The van der Waals surface area contributed by atoms with E-state index in [2.05, 4.69) is 11.3 Å². The van der Waals surface area contributed by atoms with E-state index in [0.717, 1.165) is 0 Å². The minimum atomic E-state index is -0.278. The first-order chi connectivity index (χ1) is 11.8. The maximum absolute atomic E-state index is 10.8. The number of carbonyl (C=O) groups is 1. The van der Waals surface area contributed by atoms with Crippen molar-refractivity contribution in [3.8, 4) is 0 Å². The summed E-state index contributed by atoms with van der Waals surface area (Å²) < 4.78 is 35.9. The van der Waals surface area contributed by atoms with Gasteiger partial charge in [0, 0.05) is 0 Å². The first-order valence-corrected chi connectivity index (χ1v) is 7.99. The molecule has 0 atom stereocenters. The zero-order valence-electron chi connectivity index (χ0n) is 14.5. The van der Waals surface area contributed by atoms with Crippen LogP contribution in [0.5, 0.6) is 0 Å². The van der Waals surface area contributed by atoms with Crippen molar-refractivity contribution in [1.82, 2.24) is 0 Å². The van der Waals surface area contributed by atoms with E-state index in [1.54, 1.807) is 0 Å². The summed E-state index contributed by atoms with van der Waals surface area (Å²) in [5, 5.41) is 0. The first-order valence-electron chi connectivity index (χ1n) is 7.99. The molecule has 24 heavy (non-hydrogen) atoms. The molecule has 0 aliphatic heterocycles. The topological polar surface area (TPSA) is 81.7 Å². The maximum atomic E-state index is 10.8. The summed E-state index contributed by atoms with van der Waals surface area (Å²) in [6.07, 6.45) is 1.65. The molecule has 0 aliphatic carbocycles. The number of hydrogen-bond acceptors (Lipinski definition) is 8. The molecule has 142 valence electrons. The molecule has 0 aliphatic rings. The van der Waals surface area contributed by atoms with Gasteiger partial charge in [0.05, 0.1) is 85.9 Å². The van der Waals surface area contributed by atoms with Gasteiger partial charge in [0.25, 0.3) is 0 Å². The van der Waals surface area contributed by atoms with E-state index >= 15 is 0 Å². The highest BCUT2D eigenvalue weighted by atomic mass is 16.6. The molecule has 0 heterocycles. The van der Waals surface area contributed by atoms with E-state index in [9.17, 15) is 4.79 Å². The van der Waals surface area contributed by atoms with Crippen LogP contribution in [0.2, 0.25) is 0 Å². The lowest BCUT2D eigenvalue weighted by molar-refractivity contribution is -0.141. The van der Waals surface area contributed by atoms with E-state index in [1.807, 2.05) is 0 Å². The minimum Gasteiger partial charge on any atom is -0.499 e. The molecular formula is C16H30O8. The smallest absolute Gasteiger partial charge is 0.307 e. The van der Waals surface area contributed by atoms with Crippen LogP contribution >= 0.6 is 0 Å². The Bertz CT molecular complexity index is 285. The van der Waals surface area contributed by atoms with Gasteiger partial charge in [0.15, 0.2) is 0 Å². The van der Waals surface area contributed by atoms with Crippen LogP contribution in [-0.2, 0) is 38.0 Å². The van der Waals surface area contributed by atoms with E-state index in [4.69, 9.17) is 28.4 Å². The molecular weight excluding hydrogens is 320 g/mol. The molecule has 0 saturated carbocycles. The first kappa shape index (κ1) is 22.8. The van der Waals surface area contributed by atoms with E-state index in [-0.39, 0.29) is 12.4 Å². The van der Waals surface area contributed by atoms with Crippen LogP contribution in [0.1, 0.15) is 6.42 Å². The van der Waals surface area contributed by atoms with Gasteiger partial charge in [0.2, 0.25) is 0 Å². The van der Waals surface area contributed by atoms with Crippen LogP contribution in [0.15, 0.2) is 12.8 Å². The average molecular weight is 350 g/mol. The van der Waals surface area contributed by atoms with E-state index < -0.39 is 0 Å². The lowest BCUT2D eigenvalue weighted by Crippen LogP contribution is -2.14. The van der Waals surface area contributed by atoms with Crippen LogP contribution in [0.4, 0.5) is 0 Å². The van der Waals surface area contributed by atoms with Crippen molar-refractivity contribution >= 4 is 5.97 Å². The third-order valence-corrected chi connectivity index (χ3v) is 2.63. The van der Waals surface area contributed by atoms with Crippen molar-refractivity contribution in [2.24, 2.45) is 0 Å². The Labute approximate surface area is 143 Å². The Balaban J connectivity index is 3.00. The minimum absolute atomic E-state index is 0.257. The van der Waals surface area contributed by atoms with Crippen molar-refractivity contribution in [3.63, 3.8) is 0 Å². The number of esters is 1. The molecule has 0 aromatic heterocycles. The summed E-state index contributed by atoms with van der Waals surface area (Å²) in [4.78, 5) is 10.8. The average Bonchev–Trinajstić information content (AvgIpc) is 2.60. The predicted molar refractivity (Wildman–Crippen MR) is 86.9 cm³/mol.